The molecule has 1 heterocycles. The second kappa shape index (κ2) is 2.51. The molecule has 0 amide bonds. The van der Waals surface area contributed by atoms with Gasteiger partial charge in [0.25, 0.3) is 0 Å². The number of rotatable bonds is 2. The average molecular weight is 143 g/mol. The topological polar surface area (TPSA) is 23.5 Å². The number of aliphatic hydroxyl groups is 1. The van der Waals surface area contributed by atoms with Crippen molar-refractivity contribution in [2.75, 3.05) is 13.1 Å². The second-order valence-electron chi connectivity index (χ2n) is 3.92. The highest BCUT2D eigenvalue weighted by atomic mass is 16.3. The molecule has 60 valence electrons. The van der Waals surface area contributed by atoms with Gasteiger partial charge in [-0.05, 0) is 27.2 Å². The number of β-amino-alcohol motifs (C(OH)–C–C–N with tert-alkyl or cyclic N) is 1. The van der Waals surface area contributed by atoms with Gasteiger partial charge in [-0.2, -0.15) is 0 Å². The maximum atomic E-state index is 9.43. The molecule has 2 nitrogen and oxygen atoms in total. The Morgan fingerprint density at radius 1 is 1.60 bits per heavy atom. The van der Waals surface area contributed by atoms with E-state index in [1.54, 1.807) is 0 Å². The zero-order valence-corrected chi connectivity index (χ0v) is 7.09. The quantitative estimate of drug-likeness (QED) is 0.619. The van der Waals surface area contributed by atoms with Gasteiger partial charge in [-0.25, -0.2) is 0 Å². The third-order valence-electron chi connectivity index (χ3n) is 2.05. The van der Waals surface area contributed by atoms with Crippen LogP contribution in [0, 0.1) is 0 Å². The van der Waals surface area contributed by atoms with Gasteiger partial charge in [0.15, 0.2) is 0 Å². The molecule has 0 saturated carbocycles. The molecule has 1 fully saturated rings. The van der Waals surface area contributed by atoms with E-state index in [1.165, 1.54) is 6.42 Å². The van der Waals surface area contributed by atoms with Crippen molar-refractivity contribution < 1.29 is 5.11 Å². The molecule has 1 aliphatic rings. The summed E-state index contributed by atoms with van der Waals surface area (Å²) < 4.78 is 0. The van der Waals surface area contributed by atoms with Crippen LogP contribution in [-0.4, -0.2) is 34.7 Å². The Bertz CT molecular complexity index is 117. The Morgan fingerprint density at radius 2 is 2.20 bits per heavy atom. The molecule has 1 aliphatic heterocycles. The smallest absolute Gasteiger partial charge is 0.0718 e. The van der Waals surface area contributed by atoms with Crippen LogP contribution in [0.15, 0.2) is 0 Å². The zero-order valence-electron chi connectivity index (χ0n) is 7.09. The first-order chi connectivity index (χ1) is 4.49. The third-order valence-corrected chi connectivity index (χ3v) is 2.05. The standard InChI is InChI=1S/C8H17NO/c1-7-4-5-9(7)6-8(2,3)10/h7,10H,4-6H2,1-3H3. The summed E-state index contributed by atoms with van der Waals surface area (Å²) in [5.41, 5.74) is -0.519. The van der Waals surface area contributed by atoms with E-state index in [-0.39, 0.29) is 0 Å². The lowest BCUT2D eigenvalue weighted by Crippen LogP contribution is -2.51. The first kappa shape index (κ1) is 8.02. The SMILES string of the molecule is CC1CCN1CC(C)(C)O. The number of hydrogen-bond donors (Lipinski definition) is 1. The summed E-state index contributed by atoms with van der Waals surface area (Å²) in [5, 5.41) is 9.43. The number of nitrogens with zero attached hydrogens (tertiary/aromatic N) is 1. The predicted octanol–water partition coefficient (Wildman–Crippen LogP) is 0.852. The first-order valence-electron chi connectivity index (χ1n) is 3.95. The minimum atomic E-state index is -0.519. The normalized spacial score (nSPS) is 28.2. The fourth-order valence-electron chi connectivity index (χ4n) is 1.30. The molecule has 0 spiro atoms. The van der Waals surface area contributed by atoms with Crippen LogP contribution in [0.25, 0.3) is 0 Å². The van der Waals surface area contributed by atoms with Crippen LogP contribution < -0.4 is 0 Å². The molecule has 0 bridgehead atoms. The van der Waals surface area contributed by atoms with Gasteiger partial charge in [-0.1, -0.05) is 0 Å². The van der Waals surface area contributed by atoms with E-state index in [1.807, 2.05) is 13.8 Å². The van der Waals surface area contributed by atoms with Gasteiger partial charge in [0.2, 0.25) is 0 Å². The van der Waals surface area contributed by atoms with Crippen molar-refractivity contribution in [2.24, 2.45) is 0 Å². The molecule has 0 aromatic heterocycles. The fraction of sp³-hybridized carbons (Fsp3) is 1.00. The molecule has 0 aliphatic carbocycles. The van der Waals surface area contributed by atoms with Crippen molar-refractivity contribution >= 4 is 0 Å². The summed E-state index contributed by atoms with van der Waals surface area (Å²) in [7, 11) is 0. The monoisotopic (exact) mass is 143 g/mol. The summed E-state index contributed by atoms with van der Waals surface area (Å²) in [6.07, 6.45) is 1.29. The van der Waals surface area contributed by atoms with E-state index in [4.69, 9.17) is 0 Å². The largest absolute Gasteiger partial charge is 0.389 e. The molecule has 1 rings (SSSR count). The van der Waals surface area contributed by atoms with Crippen molar-refractivity contribution in [2.45, 2.75) is 38.8 Å². The molecule has 1 atom stereocenters. The Morgan fingerprint density at radius 3 is 2.30 bits per heavy atom. The minimum absolute atomic E-state index is 0.519. The third kappa shape index (κ3) is 1.96. The Hall–Kier alpha value is -0.0800. The highest BCUT2D eigenvalue weighted by Gasteiger charge is 2.28. The predicted molar refractivity (Wildman–Crippen MR) is 41.9 cm³/mol. The minimum Gasteiger partial charge on any atom is -0.389 e. The Labute approximate surface area is 62.8 Å². The van der Waals surface area contributed by atoms with Gasteiger partial charge < -0.3 is 5.11 Å². The maximum absolute atomic E-state index is 9.43. The van der Waals surface area contributed by atoms with Crippen LogP contribution in [0.1, 0.15) is 27.2 Å². The van der Waals surface area contributed by atoms with Gasteiger partial charge in [0.05, 0.1) is 5.60 Å². The fourth-order valence-corrected chi connectivity index (χ4v) is 1.30. The van der Waals surface area contributed by atoms with Crippen LogP contribution in [0.3, 0.4) is 0 Å². The Balaban J connectivity index is 2.26. The van der Waals surface area contributed by atoms with Crippen molar-refractivity contribution in [1.82, 2.24) is 4.90 Å². The van der Waals surface area contributed by atoms with Gasteiger partial charge in [0, 0.05) is 19.1 Å². The molecular formula is C8H17NO. The molecule has 0 aromatic carbocycles. The lowest BCUT2D eigenvalue weighted by atomic mass is 10.0. The van der Waals surface area contributed by atoms with Crippen LogP contribution in [-0.2, 0) is 0 Å². The van der Waals surface area contributed by atoms with Gasteiger partial charge in [-0.15, -0.1) is 0 Å². The van der Waals surface area contributed by atoms with E-state index >= 15 is 0 Å². The molecule has 0 aromatic rings. The van der Waals surface area contributed by atoms with Gasteiger partial charge in [0.1, 0.15) is 0 Å². The summed E-state index contributed by atoms with van der Waals surface area (Å²) >= 11 is 0. The van der Waals surface area contributed by atoms with E-state index in [2.05, 4.69) is 11.8 Å². The van der Waals surface area contributed by atoms with E-state index in [9.17, 15) is 5.11 Å². The average Bonchev–Trinajstić information content (AvgIpc) is 1.78. The summed E-state index contributed by atoms with van der Waals surface area (Å²) in [6.45, 7) is 7.89. The van der Waals surface area contributed by atoms with Crippen LogP contribution >= 0.6 is 0 Å². The van der Waals surface area contributed by atoms with E-state index < -0.39 is 5.60 Å². The highest BCUT2D eigenvalue weighted by Crippen LogP contribution is 2.18. The molecule has 1 unspecified atom stereocenters. The van der Waals surface area contributed by atoms with Crippen molar-refractivity contribution in [3.8, 4) is 0 Å². The Kier molecular flexibility index (Phi) is 2.02. The molecule has 10 heavy (non-hydrogen) atoms. The summed E-state index contributed by atoms with van der Waals surface area (Å²) in [6, 6.07) is 0.687. The van der Waals surface area contributed by atoms with E-state index in [0.717, 1.165) is 13.1 Å². The lowest BCUT2D eigenvalue weighted by molar-refractivity contribution is -0.00947. The van der Waals surface area contributed by atoms with Gasteiger partial charge >= 0.3 is 0 Å². The number of hydrogen-bond acceptors (Lipinski definition) is 2. The van der Waals surface area contributed by atoms with Crippen LogP contribution in [0.4, 0.5) is 0 Å². The molecular weight excluding hydrogens is 126 g/mol. The highest BCUT2D eigenvalue weighted by molar-refractivity contribution is 4.83. The van der Waals surface area contributed by atoms with Crippen LogP contribution in [0.2, 0.25) is 0 Å². The number of likely N-dealkylation sites (tertiary alicyclic amines) is 1. The van der Waals surface area contributed by atoms with Crippen molar-refractivity contribution in [1.29, 1.82) is 0 Å². The molecule has 0 radical (unpaired) electrons. The van der Waals surface area contributed by atoms with Crippen molar-refractivity contribution in [3.63, 3.8) is 0 Å². The second-order valence-corrected chi connectivity index (χ2v) is 3.92. The van der Waals surface area contributed by atoms with Crippen LogP contribution in [0.5, 0.6) is 0 Å². The molecule has 1 N–H and O–H groups in total. The zero-order chi connectivity index (χ0) is 7.78. The molecule has 2 heteroatoms. The van der Waals surface area contributed by atoms with Gasteiger partial charge in [-0.3, -0.25) is 4.90 Å². The molecule has 1 saturated heterocycles. The van der Waals surface area contributed by atoms with E-state index in [0.29, 0.717) is 6.04 Å². The maximum Gasteiger partial charge on any atom is 0.0718 e. The van der Waals surface area contributed by atoms with Crippen molar-refractivity contribution in [3.05, 3.63) is 0 Å². The summed E-state index contributed by atoms with van der Waals surface area (Å²) in [5.74, 6) is 0. The first-order valence-corrected chi connectivity index (χ1v) is 3.95. The lowest BCUT2D eigenvalue weighted by Gasteiger charge is -2.41. The summed E-state index contributed by atoms with van der Waals surface area (Å²) in [4.78, 5) is 2.31.